The van der Waals surface area contributed by atoms with Crippen molar-refractivity contribution in [3.05, 3.63) is 46.8 Å². The molecule has 6 heteroatoms. The SMILES string of the molecule is CCNC(=NCc1ccc(O)cc1)NCc1c(CC)noc1CC. The Morgan fingerprint density at radius 3 is 2.50 bits per heavy atom. The first-order chi connectivity index (χ1) is 11.7. The highest BCUT2D eigenvalue weighted by Gasteiger charge is 2.13. The van der Waals surface area contributed by atoms with Gasteiger partial charge in [-0.2, -0.15) is 0 Å². The first-order valence-electron chi connectivity index (χ1n) is 8.44. The summed E-state index contributed by atoms with van der Waals surface area (Å²) in [4.78, 5) is 4.59. The highest BCUT2D eigenvalue weighted by Crippen LogP contribution is 2.15. The molecular weight excluding hydrogens is 304 g/mol. The Morgan fingerprint density at radius 1 is 1.12 bits per heavy atom. The van der Waals surface area contributed by atoms with E-state index in [1.54, 1.807) is 12.1 Å². The molecule has 3 N–H and O–H groups in total. The lowest BCUT2D eigenvalue weighted by atomic mass is 10.1. The average Bonchev–Trinajstić information content (AvgIpc) is 3.00. The summed E-state index contributed by atoms with van der Waals surface area (Å²) >= 11 is 0. The van der Waals surface area contributed by atoms with Crippen molar-refractivity contribution in [2.45, 2.75) is 46.7 Å². The van der Waals surface area contributed by atoms with Gasteiger partial charge < -0.3 is 20.3 Å². The van der Waals surface area contributed by atoms with Crippen molar-refractivity contribution in [2.24, 2.45) is 4.99 Å². The topological polar surface area (TPSA) is 82.7 Å². The Kier molecular flexibility index (Phi) is 6.66. The molecule has 0 aliphatic carbocycles. The monoisotopic (exact) mass is 330 g/mol. The Morgan fingerprint density at radius 2 is 1.88 bits per heavy atom. The summed E-state index contributed by atoms with van der Waals surface area (Å²) in [6.45, 7) is 8.13. The molecule has 1 aromatic carbocycles. The first kappa shape index (κ1) is 17.8. The maximum absolute atomic E-state index is 9.33. The van der Waals surface area contributed by atoms with E-state index < -0.39 is 0 Å². The largest absolute Gasteiger partial charge is 0.508 e. The first-order valence-corrected chi connectivity index (χ1v) is 8.44. The highest BCUT2D eigenvalue weighted by molar-refractivity contribution is 5.79. The van der Waals surface area contributed by atoms with Crippen LogP contribution in [-0.4, -0.2) is 22.8 Å². The molecule has 2 aromatic rings. The summed E-state index contributed by atoms with van der Waals surface area (Å²) in [7, 11) is 0. The van der Waals surface area contributed by atoms with Gasteiger partial charge in [-0.3, -0.25) is 0 Å². The van der Waals surface area contributed by atoms with Gasteiger partial charge in [-0.25, -0.2) is 4.99 Å². The molecule has 0 amide bonds. The van der Waals surface area contributed by atoms with Crippen LogP contribution in [0.5, 0.6) is 5.75 Å². The van der Waals surface area contributed by atoms with Gasteiger partial charge in [0.2, 0.25) is 0 Å². The Labute approximate surface area is 143 Å². The van der Waals surface area contributed by atoms with Crippen LogP contribution in [0, 0.1) is 0 Å². The molecule has 1 heterocycles. The van der Waals surface area contributed by atoms with Crippen molar-refractivity contribution in [1.29, 1.82) is 0 Å². The molecule has 1 aromatic heterocycles. The molecule has 0 atom stereocenters. The van der Waals surface area contributed by atoms with E-state index in [4.69, 9.17) is 4.52 Å². The summed E-state index contributed by atoms with van der Waals surface area (Å²) < 4.78 is 5.39. The summed E-state index contributed by atoms with van der Waals surface area (Å²) in [5.41, 5.74) is 3.16. The van der Waals surface area contributed by atoms with Crippen LogP contribution in [0.3, 0.4) is 0 Å². The minimum Gasteiger partial charge on any atom is -0.508 e. The van der Waals surface area contributed by atoms with Crippen molar-refractivity contribution in [3.63, 3.8) is 0 Å². The van der Waals surface area contributed by atoms with Crippen LogP contribution in [0.1, 0.15) is 43.4 Å². The van der Waals surface area contributed by atoms with Crippen LogP contribution in [0.4, 0.5) is 0 Å². The van der Waals surface area contributed by atoms with Crippen LogP contribution < -0.4 is 10.6 Å². The number of nitrogens with one attached hydrogen (secondary N) is 2. The van der Waals surface area contributed by atoms with Crippen molar-refractivity contribution in [1.82, 2.24) is 15.8 Å². The number of aryl methyl sites for hydroxylation is 2. The third-order valence-corrected chi connectivity index (χ3v) is 3.74. The lowest BCUT2D eigenvalue weighted by Gasteiger charge is -2.11. The molecule has 0 radical (unpaired) electrons. The molecule has 6 nitrogen and oxygen atoms in total. The lowest BCUT2D eigenvalue weighted by Crippen LogP contribution is -2.37. The number of guanidine groups is 1. The number of aromatic nitrogens is 1. The molecule has 0 saturated heterocycles. The van der Waals surface area contributed by atoms with Gasteiger partial charge in [0.1, 0.15) is 11.5 Å². The predicted molar refractivity (Wildman–Crippen MR) is 95.0 cm³/mol. The molecule has 2 rings (SSSR count). The van der Waals surface area contributed by atoms with E-state index in [2.05, 4.69) is 34.6 Å². The van der Waals surface area contributed by atoms with Crippen LogP contribution in [0.2, 0.25) is 0 Å². The molecule has 0 fully saturated rings. The van der Waals surface area contributed by atoms with Crippen LogP contribution >= 0.6 is 0 Å². The second-order valence-electron chi connectivity index (χ2n) is 5.45. The van der Waals surface area contributed by atoms with Gasteiger partial charge in [-0.05, 0) is 31.0 Å². The maximum atomic E-state index is 9.33. The molecular formula is C18H26N4O2. The Hall–Kier alpha value is -2.50. The van der Waals surface area contributed by atoms with E-state index in [1.807, 2.05) is 19.1 Å². The van der Waals surface area contributed by atoms with E-state index in [1.165, 1.54) is 0 Å². The number of aliphatic imine (C=N–C) groups is 1. The van der Waals surface area contributed by atoms with Crippen molar-refractivity contribution in [3.8, 4) is 5.75 Å². The lowest BCUT2D eigenvalue weighted by molar-refractivity contribution is 0.380. The zero-order chi connectivity index (χ0) is 17.4. The molecule has 130 valence electrons. The molecule has 0 saturated carbocycles. The number of phenols is 1. The van der Waals surface area contributed by atoms with Gasteiger partial charge >= 0.3 is 0 Å². The molecule has 0 unspecified atom stereocenters. The van der Waals surface area contributed by atoms with Gasteiger partial charge in [-0.15, -0.1) is 0 Å². The van der Waals surface area contributed by atoms with Gasteiger partial charge in [0.25, 0.3) is 0 Å². The summed E-state index contributed by atoms with van der Waals surface area (Å²) in [6.07, 6.45) is 1.67. The third kappa shape index (κ3) is 4.75. The normalized spacial score (nSPS) is 11.5. The second kappa shape index (κ2) is 8.96. The fourth-order valence-corrected chi connectivity index (χ4v) is 2.42. The summed E-state index contributed by atoms with van der Waals surface area (Å²) in [5.74, 6) is 1.93. The molecule has 0 aliphatic rings. The highest BCUT2D eigenvalue weighted by atomic mass is 16.5. The van der Waals surface area contributed by atoms with Gasteiger partial charge in [0.15, 0.2) is 5.96 Å². The van der Waals surface area contributed by atoms with E-state index >= 15 is 0 Å². The number of rotatable bonds is 7. The van der Waals surface area contributed by atoms with Crippen LogP contribution in [-0.2, 0) is 25.9 Å². The quantitative estimate of drug-likeness (QED) is 0.537. The molecule has 0 spiro atoms. The van der Waals surface area contributed by atoms with Gasteiger partial charge in [0.05, 0.1) is 12.2 Å². The number of benzene rings is 1. The number of hydrogen-bond acceptors (Lipinski definition) is 4. The zero-order valence-corrected chi connectivity index (χ0v) is 14.6. The average molecular weight is 330 g/mol. The third-order valence-electron chi connectivity index (χ3n) is 3.74. The van der Waals surface area contributed by atoms with E-state index in [-0.39, 0.29) is 5.75 Å². The predicted octanol–water partition coefficient (Wildman–Crippen LogP) is 2.76. The fraction of sp³-hybridized carbons (Fsp3) is 0.444. The van der Waals surface area contributed by atoms with E-state index in [0.29, 0.717) is 13.1 Å². The van der Waals surface area contributed by atoms with Crippen LogP contribution in [0.25, 0.3) is 0 Å². The number of phenolic OH excluding ortho intramolecular Hbond substituents is 1. The minimum absolute atomic E-state index is 0.263. The van der Waals surface area contributed by atoms with Crippen LogP contribution in [0.15, 0.2) is 33.8 Å². The van der Waals surface area contributed by atoms with Crippen molar-refractivity contribution < 1.29 is 9.63 Å². The number of nitrogens with zero attached hydrogens (tertiary/aromatic N) is 2. The zero-order valence-electron chi connectivity index (χ0n) is 14.6. The number of aromatic hydroxyl groups is 1. The molecule has 0 bridgehead atoms. The van der Waals surface area contributed by atoms with Gasteiger partial charge in [-0.1, -0.05) is 31.1 Å². The Balaban J connectivity index is 2.04. The molecule has 24 heavy (non-hydrogen) atoms. The Bertz CT molecular complexity index is 641. The summed E-state index contributed by atoms with van der Waals surface area (Å²) in [5, 5.41) is 20.0. The molecule has 0 aliphatic heterocycles. The maximum Gasteiger partial charge on any atom is 0.191 e. The minimum atomic E-state index is 0.263. The smallest absolute Gasteiger partial charge is 0.191 e. The standard InChI is InChI=1S/C18H26N4O2/c1-4-16-15(17(5-2)24-22-16)12-21-18(19-6-3)20-11-13-7-9-14(23)10-8-13/h7-10,23H,4-6,11-12H2,1-3H3,(H2,19,20,21). The second-order valence-corrected chi connectivity index (χ2v) is 5.45. The number of hydrogen-bond donors (Lipinski definition) is 3. The van der Waals surface area contributed by atoms with Crippen molar-refractivity contribution >= 4 is 5.96 Å². The van der Waals surface area contributed by atoms with Gasteiger partial charge in [0, 0.05) is 25.1 Å². The van der Waals surface area contributed by atoms with E-state index in [0.717, 1.165) is 47.9 Å². The van der Waals surface area contributed by atoms with Crippen molar-refractivity contribution in [2.75, 3.05) is 6.54 Å². The summed E-state index contributed by atoms with van der Waals surface area (Å²) in [6, 6.07) is 7.08. The van der Waals surface area contributed by atoms with E-state index in [9.17, 15) is 5.11 Å². The fourth-order valence-electron chi connectivity index (χ4n) is 2.42.